The van der Waals surface area contributed by atoms with Gasteiger partial charge in [0.2, 0.25) is 5.91 Å². The van der Waals surface area contributed by atoms with Gasteiger partial charge in [-0.05, 0) is 6.92 Å². The van der Waals surface area contributed by atoms with E-state index in [0.29, 0.717) is 0 Å². The van der Waals surface area contributed by atoms with E-state index in [1.54, 1.807) is 6.92 Å². The molecule has 1 heterocycles. The lowest BCUT2D eigenvalue weighted by atomic mass is 10.2. The number of halogens is 2. The highest BCUT2D eigenvalue weighted by Gasteiger charge is 2.44. The zero-order valence-electron chi connectivity index (χ0n) is 6.89. The van der Waals surface area contributed by atoms with Crippen LogP contribution in [0.2, 0.25) is 0 Å². The van der Waals surface area contributed by atoms with Crippen molar-refractivity contribution in [3.8, 4) is 0 Å². The first-order valence-electron chi connectivity index (χ1n) is 3.83. The van der Waals surface area contributed by atoms with Crippen LogP contribution in [0.3, 0.4) is 0 Å². The lowest BCUT2D eigenvalue weighted by Gasteiger charge is -2.19. The van der Waals surface area contributed by atoms with Crippen LogP contribution in [0.1, 0.15) is 13.3 Å². The van der Waals surface area contributed by atoms with E-state index in [-0.39, 0.29) is 13.0 Å². The molecule has 12 heavy (non-hydrogen) atoms. The Hall–Kier alpha value is -0.710. The Morgan fingerprint density at radius 2 is 2.33 bits per heavy atom. The van der Waals surface area contributed by atoms with E-state index in [0.717, 1.165) is 4.90 Å². The Morgan fingerprint density at radius 1 is 1.75 bits per heavy atom. The molecule has 1 aliphatic rings. The van der Waals surface area contributed by atoms with E-state index in [2.05, 4.69) is 0 Å². The van der Waals surface area contributed by atoms with Gasteiger partial charge in [-0.15, -0.1) is 0 Å². The van der Waals surface area contributed by atoms with Crippen LogP contribution in [-0.4, -0.2) is 35.9 Å². The van der Waals surface area contributed by atoms with Gasteiger partial charge in [0.05, 0.1) is 13.1 Å². The summed E-state index contributed by atoms with van der Waals surface area (Å²) in [5, 5.41) is 0. The molecule has 1 saturated heterocycles. The molecule has 0 unspecified atom stereocenters. The number of rotatable bonds is 1. The summed E-state index contributed by atoms with van der Waals surface area (Å²) in [6, 6.07) is -0.393. The number of carbonyl (C=O) groups excluding carboxylic acids is 1. The third-order valence-electron chi connectivity index (χ3n) is 2.02. The molecule has 3 nitrogen and oxygen atoms in total. The largest absolute Gasteiger partial charge is 0.333 e. The maximum atomic E-state index is 12.7. The Balaban J connectivity index is 2.64. The number of likely N-dealkylation sites (tertiary alicyclic amines) is 1. The summed E-state index contributed by atoms with van der Waals surface area (Å²) in [5.74, 6) is -3.13. The summed E-state index contributed by atoms with van der Waals surface area (Å²) in [4.78, 5) is 12.1. The minimum Gasteiger partial charge on any atom is -0.333 e. The molecule has 1 fully saturated rings. The van der Waals surface area contributed by atoms with Crippen molar-refractivity contribution in [1.29, 1.82) is 0 Å². The molecule has 0 bridgehead atoms. The van der Waals surface area contributed by atoms with Gasteiger partial charge in [0, 0.05) is 12.5 Å². The van der Waals surface area contributed by atoms with Crippen molar-refractivity contribution in [2.75, 3.05) is 13.1 Å². The van der Waals surface area contributed by atoms with Crippen LogP contribution in [0.5, 0.6) is 0 Å². The first-order valence-corrected chi connectivity index (χ1v) is 3.83. The van der Waals surface area contributed by atoms with Crippen LogP contribution in [0.4, 0.5) is 8.78 Å². The molecule has 0 radical (unpaired) electrons. The maximum absolute atomic E-state index is 12.7. The van der Waals surface area contributed by atoms with Gasteiger partial charge in [0.1, 0.15) is 0 Å². The number of hydrogen-bond acceptors (Lipinski definition) is 2. The predicted molar refractivity (Wildman–Crippen MR) is 39.8 cm³/mol. The van der Waals surface area contributed by atoms with Crippen molar-refractivity contribution >= 4 is 5.91 Å². The van der Waals surface area contributed by atoms with Gasteiger partial charge in [-0.3, -0.25) is 4.79 Å². The quantitative estimate of drug-likeness (QED) is 0.623. The zero-order valence-corrected chi connectivity index (χ0v) is 6.89. The summed E-state index contributed by atoms with van der Waals surface area (Å²) in [5.41, 5.74) is 5.07. The molecule has 0 aromatic carbocycles. The van der Waals surface area contributed by atoms with Gasteiger partial charge in [-0.1, -0.05) is 0 Å². The predicted octanol–water partition coefficient (Wildman–Crippen LogP) is 0.201. The lowest BCUT2D eigenvalue weighted by Crippen LogP contribution is -2.39. The van der Waals surface area contributed by atoms with Crippen molar-refractivity contribution in [3.63, 3.8) is 0 Å². The molecule has 1 amide bonds. The summed E-state index contributed by atoms with van der Waals surface area (Å²) in [6.07, 6.45) is -0.251. The third kappa shape index (κ3) is 1.72. The summed E-state index contributed by atoms with van der Waals surface area (Å²) in [7, 11) is 0. The van der Waals surface area contributed by atoms with Crippen molar-refractivity contribution in [2.24, 2.45) is 5.73 Å². The summed E-state index contributed by atoms with van der Waals surface area (Å²) in [6.45, 7) is 0.930. The van der Waals surface area contributed by atoms with Crippen LogP contribution in [-0.2, 0) is 4.79 Å². The standard InChI is InChI=1S/C7H12F2N2O/c1-5-2-7(8,9)4-11(5)6(12)3-10/h5H,2-4,10H2,1H3/t5-/m1/s1. The second kappa shape index (κ2) is 2.97. The fraction of sp³-hybridized carbons (Fsp3) is 0.857. The van der Waals surface area contributed by atoms with E-state index in [4.69, 9.17) is 5.73 Å². The first-order chi connectivity index (χ1) is 5.46. The van der Waals surface area contributed by atoms with E-state index in [1.807, 2.05) is 0 Å². The fourth-order valence-electron chi connectivity index (χ4n) is 1.46. The normalized spacial score (nSPS) is 27.7. The number of amides is 1. The van der Waals surface area contributed by atoms with Crippen molar-refractivity contribution in [1.82, 2.24) is 4.90 Å². The molecule has 0 saturated carbocycles. The highest BCUT2D eigenvalue weighted by atomic mass is 19.3. The molecule has 0 spiro atoms. The lowest BCUT2D eigenvalue weighted by molar-refractivity contribution is -0.131. The fourth-order valence-corrected chi connectivity index (χ4v) is 1.46. The van der Waals surface area contributed by atoms with Crippen LogP contribution >= 0.6 is 0 Å². The van der Waals surface area contributed by atoms with Crippen LogP contribution in [0.25, 0.3) is 0 Å². The van der Waals surface area contributed by atoms with Gasteiger partial charge in [0.25, 0.3) is 5.92 Å². The minimum absolute atomic E-state index is 0.194. The molecule has 1 rings (SSSR count). The van der Waals surface area contributed by atoms with Gasteiger partial charge < -0.3 is 10.6 Å². The minimum atomic E-state index is -2.73. The van der Waals surface area contributed by atoms with Crippen molar-refractivity contribution in [2.45, 2.75) is 25.3 Å². The molecule has 2 N–H and O–H groups in total. The Kier molecular flexibility index (Phi) is 2.32. The van der Waals surface area contributed by atoms with E-state index < -0.39 is 24.4 Å². The van der Waals surface area contributed by atoms with Crippen molar-refractivity contribution < 1.29 is 13.6 Å². The highest BCUT2D eigenvalue weighted by Crippen LogP contribution is 2.31. The maximum Gasteiger partial charge on any atom is 0.267 e. The Bertz CT molecular complexity index is 196. The van der Waals surface area contributed by atoms with Crippen LogP contribution in [0, 0.1) is 0 Å². The van der Waals surface area contributed by atoms with E-state index >= 15 is 0 Å². The monoisotopic (exact) mass is 178 g/mol. The molecular formula is C7H12F2N2O. The molecule has 0 aromatic rings. The third-order valence-corrected chi connectivity index (χ3v) is 2.02. The average Bonchev–Trinajstić information content (AvgIpc) is 2.23. The highest BCUT2D eigenvalue weighted by molar-refractivity contribution is 5.78. The smallest absolute Gasteiger partial charge is 0.267 e. The van der Waals surface area contributed by atoms with E-state index in [9.17, 15) is 13.6 Å². The molecule has 0 aromatic heterocycles. The average molecular weight is 178 g/mol. The molecule has 1 aliphatic heterocycles. The second-order valence-electron chi connectivity index (χ2n) is 3.13. The molecule has 0 aliphatic carbocycles. The number of alkyl halides is 2. The Labute approximate surface area is 69.5 Å². The summed E-state index contributed by atoms with van der Waals surface area (Å²) < 4.78 is 25.4. The first kappa shape index (κ1) is 9.38. The van der Waals surface area contributed by atoms with Crippen LogP contribution < -0.4 is 5.73 Å². The van der Waals surface area contributed by atoms with Gasteiger partial charge in [-0.25, -0.2) is 8.78 Å². The summed E-state index contributed by atoms with van der Waals surface area (Å²) >= 11 is 0. The molecule has 5 heteroatoms. The SMILES string of the molecule is C[C@@H]1CC(F)(F)CN1C(=O)CN. The zero-order chi connectivity index (χ0) is 9.35. The van der Waals surface area contributed by atoms with Crippen LogP contribution in [0.15, 0.2) is 0 Å². The van der Waals surface area contributed by atoms with E-state index in [1.165, 1.54) is 0 Å². The Morgan fingerprint density at radius 3 is 2.67 bits per heavy atom. The number of hydrogen-bond donors (Lipinski definition) is 1. The second-order valence-corrected chi connectivity index (χ2v) is 3.13. The molecular weight excluding hydrogens is 166 g/mol. The van der Waals surface area contributed by atoms with Gasteiger partial charge in [0.15, 0.2) is 0 Å². The number of nitrogens with zero attached hydrogens (tertiary/aromatic N) is 1. The number of carbonyl (C=O) groups is 1. The molecule has 70 valence electrons. The van der Waals surface area contributed by atoms with Crippen molar-refractivity contribution in [3.05, 3.63) is 0 Å². The van der Waals surface area contributed by atoms with Gasteiger partial charge in [-0.2, -0.15) is 0 Å². The number of nitrogens with two attached hydrogens (primary N) is 1. The van der Waals surface area contributed by atoms with Gasteiger partial charge >= 0.3 is 0 Å². The topological polar surface area (TPSA) is 46.3 Å². The molecule has 1 atom stereocenters.